The van der Waals surface area contributed by atoms with Gasteiger partial charge in [-0.3, -0.25) is 4.79 Å². The molecule has 35 heavy (non-hydrogen) atoms. The number of hydrogen-bond acceptors (Lipinski definition) is 4. The number of ether oxygens (including phenoxy) is 1. The monoisotopic (exact) mass is 476 g/mol. The second kappa shape index (κ2) is 9.36. The van der Waals surface area contributed by atoms with Crippen molar-refractivity contribution in [3.8, 4) is 11.1 Å². The van der Waals surface area contributed by atoms with Gasteiger partial charge in [0, 0.05) is 24.9 Å². The van der Waals surface area contributed by atoms with Gasteiger partial charge in [0.05, 0.1) is 0 Å². The molecule has 7 nitrogen and oxygen atoms in total. The quantitative estimate of drug-likeness (QED) is 0.654. The number of nitrogens with zero attached hydrogens (tertiary/aromatic N) is 1. The minimum Gasteiger partial charge on any atom is -0.480 e. The van der Waals surface area contributed by atoms with Gasteiger partial charge < -0.3 is 20.1 Å². The highest BCUT2D eigenvalue weighted by Gasteiger charge is 2.49. The largest absolute Gasteiger partial charge is 0.480 e. The molecule has 1 aliphatic heterocycles. The van der Waals surface area contributed by atoms with Crippen molar-refractivity contribution in [2.45, 2.75) is 38.6 Å². The third-order valence-corrected chi connectivity index (χ3v) is 7.79. The van der Waals surface area contributed by atoms with Crippen LogP contribution in [0, 0.1) is 23.7 Å². The zero-order valence-corrected chi connectivity index (χ0v) is 20.1. The van der Waals surface area contributed by atoms with Crippen molar-refractivity contribution in [2.24, 2.45) is 23.7 Å². The minimum absolute atomic E-state index is 0.000524. The van der Waals surface area contributed by atoms with Crippen LogP contribution in [-0.2, 0) is 14.3 Å². The van der Waals surface area contributed by atoms with Crippen LogP contribution in [0.3, 0.4) is 0 Å². The highest BCUT2D eigenvalue weighted by atomic mass is 16.5. The van der Waals surface area contributed by atoms with Gasteiger partial charge in [-0.15, -0.1) is 0 Å². The highest BCUT2D eigenvalue weighted by Crippen LogP contribution is 2.45. The van der Waals surface area contributed by atoms with E-state index in [1.807, 2.05) is 31.2 Å². The Hall–Kier alpha value is -3.35. The second-order valence-electron chi connectivity index (χ2n) is 10.4. The smallest absolute Gasteiger partial charge is 0.407 e. The molecular weight excluding hydrogens is 444 g/mol. The van der Waals surface area contributed by atoms with Crippen LogP contribution in [0.5, 0.6) is 0 Å². The van der Waals surface area contributed by atoms with Crippen molar-refractivity contribution in [2.75, 3.05) is 19.7 Å². The number of carbonyl (C=O) groups is 3. The number of amides is 2. The summed E-state index contributed by atoms with van der Waals surface area (Å²) < 4.78 is 5.58. The van der Waals surface area contributed by atoms with E-state index < -0.39 is 18.1 Å². The molecule has 0 bridgehead atoms. The number of fused-ring (bicyclic) bond motifs is 3. The van der Waals surface area contributed by atoms with E-state index in [1.54, 1.807) is 4.90 Å². The Morgan fingerprint density at radius 2 is 1.63 bits per heavy atom. The minimum atomic E-state index is -0.938. The van der Waals surface area contributed by atoms with Crippen LogP contribution in [0.1, 0.15) is 43.7 Å². The van der Waals surface area contributed by atoms with Crippen LogP contribution in [0.4, 0.5) is 4.79 Å². The molecule has 2 fully saturated rings. The van der Waals surface area contributed by atoms with Crippen molar-refractivity contribution in [1.29, 1.82) is 0 Å². The van der Waals surface area contributed by atoms with Gasteiger partial charge in [-0.2, -0.15) is 0 Å². The first kappa shape index (κ1) is 23.4. The Balaban J connectivity index is 1.13. The van der Waals surface area contributed by atoms with E-state index in [-0.39, 0.29) is 42.1 Å². The van der Waals surface area contributed by atoms with Crippen molar-refractivity contribution < 1.29 is 24.2 Å². The number of alkyl carbamates (subject to hydrolysis) is 1. The van der Waals surface area contributed by atoms with Crippen molar-refractivity contribution in [1.82, 2.24) is 10.2 Å². The van der Waals surface area contributed by atoms with Gasteiger partial charge in [-0.25, -0.2) is 9.59 Å². The normalized spacial score (nSPS) is 27.0. The molecule has 3 aliphatic rings. The van der Waals surface area contributed by atoms with Crippen LogP contribution in [0.15, 0.2) is 48.5 Å². The number of nitrogens with one attached hydrogen (secondary N) is 1. The van der Waals surface area contributed by atoms with Crippen LogP contribution in [0.25, 0.3) is 11.1 Å². The summed E-state index contributed by atoms with van der Waals surface area (Å²) in [6.45, 7) is 5.03. The fourth-order valence-corrected chi connectivity index (χ4v) is 6.05. The van der Waals surface area contributed by atoms with Crippen LogP contribution >= 0.6 is 0 Å². The van der Waals surface area contributed by atoms with Gasteiger partial charge in [0.25, 0.3) is 0 Å². The van der Waals surface area contributed by atoms with E-state index >= 15 is 0 Å². The molecule has 5 unspecified atom stereocenters. The Kier molecular flexibility index (Phi) is 6.26. The lowest BCUT2D eigenvalue weighted by atomic mass is 9.84. The van der Waals surface area contributed by atoms with Gasteiger partial charge in [0.1, 0.15) is 12.6 Å². The van der Waals surface area contributed by atoms with Crippen molar-refractivity contribution in [3.63, 3.8) is 0 Å². The summed E-state index contributed by atoms with van der Waals surface area (Å²) in [6.07, 6.45) is 0.973. The number of piperidine rings is 1. The van der Waals surface area contributed by atoms with E-state index in [0.717, 1.165) is 17.5 Å². The molecule has 1 heterocycles. The fraction of sp³-hybridized carbons (Fsp3) is 0.464. The molecular formula is C28H32N2O5. The maximum atomic E-state index is 13.1. The lowest BCUT2D eigenvalue weighted by Gasteiger charge is -2.40. The Morgan fingerprint density at radius 3 is 2.26 bits per heavy atom. The molecule has 0 spiro atoms. The number of hydrogen-bond donors (Lipinski definition) is 2. The molecule has 5 rings (SSSR count). The first-order valence-electron chi connectivity index (χ1n) is 12.5. The number of carboxylic acids is 1. The van der Waals surface area contributed by atoms with E-state index in [2.05, 4.69) is 36.5 Å². The van der Waals surface area contributed by atoms with Gasteiger partial charge in [-0.1, -0.05) is 62.4 Å². The summed E-state index contributed by atoms with van der Waals surface area (Å²) in [4.78, 5) is 38.9. The van der Waals surface area contributed by atoms with E-state index in [0.29, 0.717) is 19.5 Å². The van der Waals surface area contributed by atoms with Crippen molar-refractivity contribution in [3.05, 3.63) is 59.7 Å². The summed E-state index contributed by atoms with van der Waals surface area (Å²) in [5, 5.41) is 12.5. The molecule has 2 aliphatic carbocycles. The second-order valence-corrected chi connectivity index (χ2v) is 10.4. The number of carboxylic acid groups (broad SMARTS) is 1. The van der Waals surface area contributed by atoms with E-state index in [1.165, 1.54) is 11.1 Å². The average molecular weight is 477 g/mol. The first-order valence-corrected chi connectivity index (χ1v) is 12.5. The van der Waals surface area contributed by atoms with Gasteiger partial charge >= 0.3 is 12.1 Å². The summed E-state index contributed by atoms with van der Waals surface area (Å²) in [5.41, 5.74) is 4.68. The van der Waals surface area contributed by atoms with Crippen LogP contribution in [0.2, 0.25) is 0 Å². The molecule has 184 valence electrons. The predicted molar refractivity (Wildman–Crippen MR) is 131 cm³/mol. The third kappa shape index (κ3) is 4.51. The van der Waals surface area contributed by atoms with Crippen LogP contribution in [-0.4, -0.2) is 53.7 Å². The number of rotatable bonds is 6. The topological polar surface area (TPSA) is 95.9 Å². The molecule has 2 aromatic carbocycles. The standard InChI is InChI=1S/C28H32N2O5/c1-16-11-17(2)25(27(32)33)30(14-16)26(31)23-12-18(23)13-29-28(34)35-15-24-21-9-5-3-7-19(21)20-8-4-6-10-22(20)24/h3-10,16-18,23-25H,11-15H2,1-2H3,(H,29,34)(H,32,33). The lowest BCUT2D eigenvalue weighted by Crippen LogP contribution is -2.54. The molecule has 5 atom stereocenters. The third-order valence-electron chi connectivity index (χ3n) is 7.79. The zero-order valence-electron chi connectivity index (χ0n) is 20.1. The first-order chi connectivity index (χ1) is 16.8. The van der Waals surface area contributed by atoms with E-state index in [4.69, 9.17) is 4.74 Å². The molecule has 1 saturated heterocycles. The molecule has 1 saturated carbocycles. The van der Waals surface area contributed by atoms with Crippen LogP contribution < -0.4 is 5.32 Å². The lowest BCUT2D eigenvalue weighted by molar-refractivity contribution is -0.156. The molecule has 2 aromatic rings. The predicted octanol–water partition coefficient (Wildman–Crippen LogP) is 4.12. The van der Waals surface area contributed by atoms with Gasteiger partial charge in [0.15, 0.2) is 0 Å². The summed E-state index contributed by atoms with van der Waals surface area (Å²) in [6, 6.07) is 15.6. The summed E-state index contributed by atoms with van der Waals surface area (Å²) in [5.74, 6) is -1.05. The maximum Gasteiger partial charge on any atom is 0.407 e. The van der Waals surface area contributed by atoms with E-state index in [9.17, 15) is 19.5 Å². The Labute approximate surface area is 205 Å². The molecule has 0 aromatic heterocycles. The molecule has 7 heteroatoms. The molecule has 2 N–H and O–H groups in total. The number of carbonyl (C=O) groups excluding carboxylic acids is 2. The summed E-state index contributed by atoms with van der Waals surface area (Å²) in [7, 11) is 0. The number of benzene rings is 2. The zero-order chi connectivity index (χ0) is 24.7. The summed E-state index contributed by atoms with van der Waals surface area (Å²) >= 11 is 0. The van der Waals surface area contributed by atoms with Gasteiger partial charge in [0.2, 0.25) is 5.91 Å². The fourth-order valence-electron chi connectivity index (χ4n) is 6.05. The Bertz CT molecular complexity index is 1100. The average Bonchev–Trinajstić information content (AvgIpc) is 3.55. The Morgan fingerprint density at radius 1 is 1.00 bits per heavy atom. The SMILES string of the molecule is CC1CC(C)C(C(=O)O)N(C(=O)C2CC2CNC(=O)OCC2c3ccccc3-c3ccccc32)C1. The molecule has 0 radical (unpaired) electrons. The number of aliphatic carboxylic acids is 1. The highest BCUT2D eigenvalue weighted by molar-refractivity contribution is 5.87. The molecule has 2 amide bonds. The maximum absolute atomic E-state index is 13.1. The van der Waals surface area contributed by atoms with Gasteiger partial charge in [-0.05, 0) is 52.8 Å². The van der Waals surface area contributed by atoms with Crippen molar-refractivity contribution >= 4 is 18.0 Å². The number of likely N-dealkylation sites (tertiary alicyclic amines) is 1.